The Bertz CT molecular complexity index is 1230. The Morgan fingerprint density at radius 1 is 0.800 bits per heavy atom. The zero-order valence-electron chi connectivity index (χ0n) is 19.2. The lowest BCUT2D eigenvalue weighted by Gasteiger charge is -2.32. The summed E-state index contributed by atoms with van der Waals surface area (Å²) in [4.78, 5) is 33.2. The van der Waals surface area contributed by atoms with Crippen molar-refractivity contribution in [2.45, 2.75) is 25.6 Å². The van der Waals surface area contributed by atoms with Crippen molar-refractivity contribution in [1.29, 1.82) is 0 Å². The van der Waals surface area contributed by atoms with E-state index in [4.69, 9.17) is 11.6 Å². The molecule has 4 aromatic rings. The van der Waals surface area contributed by atoms with E-state index in [1.807, 2.05) is 91.0 Å². The van der Waals surface area contributed by atoms with Crippen LogP contribution in [-0.2, 0) is 29.1 Å². The second-order valence-electron chi connectivity index (χ2n) is 8.16. The van der Waals surface area contributed by atoms with Crippen LogP contribution < -0.4 is 5.32 Å². The van der Waals surface area contributed by atoms with Gasteiger partial charge in [0.1, 0.15) is 6.04 Å². The normalized spacial score (nSPS) is 11.5. The van der Waals surface area contributed by atoms with Gasteiger partial charge in [0.05, 0.1) is 18.7 Å². The van der Waals surface area contributed by atoms with Gasteiger partial charge in [0.15, 0.2) is 0 Å². The zero-order valence-corrected chi connectivity index (χ0v) is 19.9. The average Bonchev–Trinajstić information content (AvgIpc) is 2.90. The molecule has 3 aromatic carbocycles. The van der Waals surface area contributed by atoms with Crippen molar-refractivity contribution >= 4 is 23.4 Å². The standard InChI is InChI=1S/C29H26ClN3O2/c30-25-16-14-22(15-17-25)19-27(34)33(21-23-9-3-1-4-10-23)28(24-11-5-2-6-12-24)29(35)32-20-26-13-7-8-18-31-26/h1-18,28H,19-21H2,(H,32,35)/t28-/m1/s1. The Morgan fingerprint density at radius 2 is 1.46 bits per heavy atom. The molecule has 0 aliphatic carbocycles. The summed E-state index contributed by atoms with van der Waals surface area (Å²) in [5, 5.41) is 3.59. The lowest BCUT2D eigenvalue weighted by atomic mass is 10.0. The molecule has 4 rings (SSSR count). The predicted octanol–water partition coefficient (Wildman–Crippen LogP) is 5.36. The summed E-state index contributed by atoms with van der Waals surface area (Å²) in [6, 6.07) is 31.0. The maximum absolute atomic E-state index is 13.7. The highest BCUT2D eigenvalue weighted by atomic mass is 35.5. The average molecular weight is 484 g/mol. The summed E-state index contributed by atoms with van der Waals surface area (Å²) in [5.74, 6) is -0.416. The third kappa shape index (κ3) is 6.78. The maximum atomic E-state index is 13.7. The number of halogens is 1. The fourth-order valence-electron chi connectivity index (χ4n) is 3.87. The Morgan fingerprint density at radius 3 is 2.11 bits per heavy atom. The van der Waals surface area contributed by atoms with Crippen molar-refractivity contribution in [3.05, 3.63) is 137 Å². The lowest BCUT2D eigenvalue weighted by Crippen LogP contribution is -2.44. The molecule has 5 nitrogen and oxygen atoms in total. The minimum absolute atomic E-state index is 0.154. The number of nitrogens with one attached hydrogen (secondary N) is 1. The molecule has 1 heterocycles. The Balaban J connectivity index is 1.66. The molecule has 0 aliphatic heterocycles. The summed E-state index contributed by atoms with van der Waals surface area (Å²) in [6.45, 7) is 0.567. The first-order chi connectivity index (χ1) is 17.1. The van der Waals surface area contributed by atoms with E-state index < -0.39 is 6.04 Å². The van der Waals surface area contributed by atoms with Crippen LogP contribution in [0.5, 0.6) is 0 Å². The number of pyridine rings is 1. The first-order valence-electron chi connectivity index (χ1n) is 11.4. The number of benzene rings is 3. The summed E-state index contributed by atoms with van der Waals surface area (Å²) in [6.07, 6.45) is 1.84. The minimum Gasteiger partial charge on any atom is -0.348 e. The molecule has 0 fully saturated rings. The van der Waals surface area contributed by atoms with Gasteiger partial charge in [-0.15, -0.1) is 0 Å². The quantitative estimate of drug-likeness (QED) is 0.348. The van der Waals surface area contributed by atoms with E-state index in [1.165, 1.54) is 0 Å². The van der Waals surface area contributed by atoms with Crippen LogP contribution in [0.25, 0.3) is 0 Å². The molecule has 2 amide bonds. The van der Waals surface area contributed by atoms with Crippen molar-refractivity contribution in [1.82, 2.24) is 15.2 Å². The number of carbonyl (C=O) groups is 2. The van der Waals surface area contributed by atoms with E-state index in [-0.39, 0.29) is 24.8 Å². The highest BCUT2D eigenvalue weighted by molar-refractivity contribution is 6.30. The van der Waals surface area contributed by atoms with Gasteiger partial charge in [-0.1, -0.05) is 90.5 Å². The Hall–Kier alpha value is -3.96. The van der Waals surface area contributed by atoms with Crippen LogP contribution >= 0.6 is 11.6 Å². The fourth-order valence-corrected chi connectivity index (χ4v) is 3.99. The molecular weight excluding hydrogens is 458 g/mol. The molecule has 0 bridgehead atoms. The van der Waals surface area contributed by atoms with E-state index in [9.17, 15) is 9.59 Å². The highest BCUT2D eigenvalue weighted by Crippen LogP contribution is 2.25. The summed E-state index contributed by atoms with van der Waals surface area (Å²) < 4.78 is 0. The molecule has 0 aliphatic rings. The number of aromatic nitrogens is 1. The molecule has 0 saturated heterocycles. The topological polar surface area (TPSA) is 62.3 Å². The van der Waals surface area contributed by atoms with Gasteiger partial charge in [0.25, 0.3) is 0 Å². The van der Waals surface area contributed by atoms with Crippen LogP contribution in [-0.4, -0.2) is 21.7 Å². The fraction of sp³-hybridized carbons (Fsp3) is 0.138. The van der Waals surface area contributed by atoms with Gasteiger partial charge in [0.2, 0.25) is 11.8 Å². The summed E-state index contributed by atoms with van der Waals surface area (Å²) in [5.41, 5.74) is 3.26. The molecule has 1 aromatic heterocycles. The van der Waals surface area contributed by atoms with Crippen LogP contribution in [0, 0.1) is 0 Å². The zero-order chi connectivity index (χ0) is 24.5. The van der Waals surface area contributed by atoms with Crippen molar-refractivity contribution in [2.75, 3.05) is 0 Å². The van der Waals surface area contributed by atoms with Gasteiger partial charge in [-0.25, -0.2) is 0 Å². The second kappa shape index (κ2) is 12.0. The first kappa shape index (κ1) is 24.2. The number of nitrogens with zero attached hydrogens (tertiary/aromatic N) is 2. The molecule has 6 heteroatoms. The molecule has 0 saturated carbocycles. The van der Waals surface area contributed by atoms with Gasteiger partial charge in [0, 0.05) is 17.8 Å². The van der Waals surface area contributed by atoms with E-state index in [2.05, 4.69) is 10.3 Å². The summed E-state index contributed by atoms with van der Waals surface area (Å²) >= 11 is 6.02. The van der Waals surface area contributed by atoms with Gasteiger partial charge >= 0.3 is 0 Å². The summed E-state index contributed by atoms with van der Waals surface area (Å²) in [7, 11) is 0. The van der Waals surface area contributed by atoms with E-state index in [0.717, 1.165) is 22.4 Å². The van der Waals surface area contributed by atoms with Crippen LogP contribution in [0.4, 0.5) is 0 Å². The molecule has 0 radical (unpaired) electrons. The van der Waals surface area contributed by atoms with Crippen LogP contribution in [0.2, 0.25) is 5.02 Å². The van der Waals surface area contributed by atoms with E-state index in [0.29, 0.717) is 11.6 Å². The molecular formula is C29H26ClN3O2. The predicted molar refractivity (Wildman–Crippen MR) is 137 cm³/mol. The number of hydrogen-bond donors (Lipinski definition) is 1. The third-order valence-corrected chi connectivity index (χ3v) is 5.88. The van der Waals surface area contributed by atoms with Crippen molar-refractivity contribution < 1.29 is 9.59 Å². The molecule has 0 unspecified atom stereocenters. The minimum atomic E-state index is -0.806. The Labute approximate surface area is 210 Å². The van der Waals surface area contributed by atoms with Gasteiger partial charge < -0.3 is 10.2 Å². The number of rotatable bonds is 9. The molecule has 0 spiro atoms. The van der Waals surface area contributed by atoms with Gasteiger partial charge in [-0.2, -0.15) is 0 Å². The van der Waals surface area contributed by atoms with Crippen molar-refractivity contribution in [3.8, 4) is 0 Å². The van der Waals surface area contributed by atoms with Gasteiger partial charge in [-0.3, -0.25) is 14.6 Å². The monoisotopic (exact) mass is 483 g/mol. The number of carbonyl (C=O) groups excluding carboxylic acids is 2. The van der Waals surface area contributed by atoms with Crippen molar-refractivity contribution in [3.63, 3.8) is 0 Å². The van der Waals surface area contributed by atoms with E-state index >= 15 is 0 Å². The maximum Gasteiger partial charge on any atom is 0.247 e. The van der Waals surface area contributed by atoms with E-state index in [1.54, 1.807) is 23.2 Å². The highest BCUT2D eigenvalue weighted by Gasteiger charge is 2.31. The van der Waals surface area contributed by atoms with Crippen LogP contribution in [0.3, 0.4) is 0 Å². The second-order valence-corrected chi connectivity index (χ2v) is 8.60. The van der Waals surface area contributed by atoms with Gasteiger partial charge in [-0.05, 0) is 41.0 Å². The first-order valence-corrected chi connectivity index (χ1v) is 11.8. The third-order valence-electron chi connectivity index (χ3n) is 5.63. The van der Waals surface area contributed by atoms with Crippen LogP contribution in [0.15, 0.2) is 109 Å². The number of hydrogen-bond acceptors (Lipinski definition) is 3. The van der Waals surface area contributed by atoms with Crippen LogP contribution in [0.1, 0.15) is 28.4 Å². The molecule has 35 heavy (non-hydrogen) atoms. The number of amides is 2. The molecule has 1 atom stereocenters. The van der Waals surface area contributed by atoms with Crippen molar-refractivity contribution in [2.24, 2.45) is 0 Å². The molecule has 176 valence electrons. The smallest absolute Gasteiger partial charge is 0.247 e. The lowest BCUT2D eigenvalue weighted by molar-refractivity contribution is -0.141. The Kier molecular flexibility index (Phi) is 8.25. The largest absolute Gasteiger partial charge is 0.348 e. The SMILES string of the molecule is O=C(NCc1ccccn1)[C@@H](c1ccccc1)N(Cc1ccccc1)C(=O)Cc1ccc(Cl)cc1. The molecule has 1 N–H and O–H groups in total.